The minimum absolute atomic E-state index is 0.00662. The van der Waals surface area contributed by atoms with Crippen molar-refractivity contribution in [2.75, 3.05) is 19.8 Å². The summed E-state index contributed by atoms with van der Waals surface area (Å²) < 4.78 is 16.6. The molecule has 0 radical (unpaired) electrons. The first-order chi connectivity index (χ1) is 10.2. The molecule has 0 N–H and O–H groups in total. The zero-order chi connectivity index (χ0) is 14.7. The molecule has 0 spiro atoms. The number of ether oxygens (including phenoxy) is 2. The maximum Gasteiger partial charge on any atom is 0.247 e. The Balaban J connectivity index is 1.67. The van der Waals surface area contributed by atoms with Gasteiger partial charge in [-0.1, -0.05) is 0 Å². The van der Waals surface area contributed by atoms with Crippen LogP contribution in [0.5, 0.6) is 0 Å². The molecule has 21 heavy (non-hydrogen) atoms. The average Bonchev–Trinajstić information content (AvgIpc) is 3.16. The molecule has 2 aliphatic heterocycles. The molecule has 2 saturated heterocycles. The third kappa shape index (κ3) is 3.36. The van der Waals surface area contributed by atoms with Crippen molar-refractivity contribution in [2.45, 2.75) is 38.5 Å². The van der Waals surface area contributed by atoms with Crippen LogP contribution < -0.4 is 0 Å². The number of aryl methyl sites for hydroxylation is 1. The van der Waals surface area contributed by atoms with Crippen LogP contribution in [0, 0.1) is 6.92 Å². The van der Waals surface area contributed by atoms with E-state index >= 15 is 0 Å². The predicted molar refractivity (Wildman–Crippen MR) is 77.5 cm³/mol. The van der Waals surface area contributed by atoms with Gasteiger partial charge in [0.25, 0.3) is 0 Å². The number of piperidine rings is 1. The lowest BCUT2D eigenvalue weighted by atomic mass is 10.0. The molecule has 1 aromatic rings. The van der Waals surface area contributed by atoms with Gasteiger partial charge in [0.2, 0.25) is 5.91 Å². The van der Waals surface area contributed by atoms with E-state index < -0.39 is 0 Å². The second-order valence-electron chi connectivity index (χ2n) is 5.49. The molecule has 1 amide bonds. The molecule has 1 unspecified atom stereocenters. The molecule has 1 atom stereocenters. The molecular formula is C16H21NO4. The Bertz CT molecular complexity index is 516. The van der Waals surface area contributed by atoms with Crippen LogP contribution >= 0.6 is 0 Å². The molecule has 2 aliphatic rings. The third-order valence-corrected chi connectivity index (χ3v) is 3.95. The third-order valence-electron chi connectivity index (χ3n) is 3.95. The van der Waals surface area contributed by atoms with E-state index in [1.54, 1.807) is 12.2 Å². The number of likely N-dealkylation sites (tertiary alicyclic amines) is 1. The summed E-state index contributed by atoms with van der Waals surface area (Å²) >= 11 is 0. The van der Waals surface area contributed by atoms with Crippen LogP contribution in [0.3, 0.4) is 0 Å². The fraction of sp³-hybridized carbons (Fsp3) is 0.562. The van der Waals surface area contributed by atoms with Crippen molar-refractivity contribution in [2.24, 2.45) is 0 Å². The van der Waals surface area contributed by atoms with Gasteiger partial charge in [0.1, 0.15) is 11.5 Å². The Kier molecular flexibility index (Phi) is 4.41. The molecule has 5 nitrogen and oxygen atoms in total. The van der Waals surface area contributed by atoms with Crippen LogP contribution in [-0.2, 0) is 14.3 Å². The number of amides is 1. The summed E-state index contributed by atoms with van der Waals surface area (Å²) in [5.41, 5.74) is 0. The topological polar surface area (TPSA) is 51.9 Å². The van der Waals surface area contributed by atoms with Crippen molar-refractivity contribution >= 4 is 12.0 Å². The monoisotopic (exact) mass is 291 g/mol. The lowest BCUT2D eigenvalue weighted by molar-refractivity contribution is -0.145. The number of rotatable bonds is 3. The van der Waals surface area contributed by atoms with E-state index in [9.17, 15) is 4.79 Å². The zero-order valence-electron chi connectivity index (χ0n) is 12.3. The predicted octanol–water partition coefficient (Wildman–Crippen LogP) is 2.36. The normalized spacial score (nSPS) is 24.0. The average molecular weight is 291 g/mol. The second-order valence-corrected chi connectivity index (χ2v) is 5.49. The first-order valence-electron chi connectivity index (χ1n) is 7.52. The summed E-state index contributed by atoms with van der Waals surface area (Å²) in [7, 11) is 0. The number of hydrogen-bond acceptors (Lipinski definition) is 4. The number of carbonyl (C=O) groups is 1. The second kappa shape index (κ2) is 6.45. The quantitative estimate of drug-likeness (QED) is 0.802. The molecule has 2 fully saturated rings. The number of carbonyl (C=O) groups excluding carboxylic acids is 1. The molecule has 0 aliphatic carbocycles. The summed E-state index contributed by atoms with van der Waals surface area (Å²) in [6, 6.07) is 3.76. The van der Waals surface area contributed by atoms with Gasteiger partial charge in [0, 0.05) is 12.6 Å². The SMILES string of the molecule is Cc1ccc(/C=C/C(=O)N2CCCCC2C2OCCO2)o1. The standard InChI is InChI=1S/C16H21NO4/c1-12-5-6-13(21-12)7-8-15(18)17-9-3-2-4-14(17)16-19-10-11-20-16/h5-8,14,16H,2-4,9-11H2,1H3/b8-7+. The van der Waals surface area contributed by atoms with E-state index in [1.807, 2.05) is 24.0 Å². The van der Waals surface area contributed by atoms with Crippen LogP contribution in [0.25, 0.3) is 6.08 Å². The van der Waals surface area contributed by atoms with E-state index in [1.165, 1.54) is 0 Å². The Morgan fingerprint density at radius 2 is 2.10 bits per heavy atom. The Labute approximate surface area is 124 Å². The van der Waals surface area contributed by atoms with Gasteiger partial charge in [-0.15, -0.1) is 0 Å². The van der Waals surface area contributed by atoms with Gasteiger partial charge in [-0.2, -0.15) is 0 Å². The van der Waals surface area contributed by atoms with Crippen molar-refractivity contribution in [3.63, 3.8) is 0 Å². The fourth-order valence-corrected chi connectivity index (χ4v) is 2.90. The highest BCUT2D eigenvalue weighted by atomic mass is 16.7. The van der Waals surface area contributed by atoms with Gasteiger partial charge in [0.15, 0.2) is 6.29 Å². The highest BCUT2D eigenvalue weighted by Crippen LogP contribution is 2.24. The van der Waals surface area contributed by atoms with E-state index in [-0.39, 0.29) is 18.2 Å². The van der Waals surface area contributed by atoms with Crippen LogP contribution in [-0.4, -0.2) is 42.9 Å². The van der Waals surface area contributed by atoms with Gasteiger partial charge in [0.05, 0.1) is 19.3 Å². The van der Waals surface area contributed by atoms with Gasteiger partial charge >= 0.3 is 0 Å². The van der Waals surface area contributed by atoms with E-state index in [0.29, 0.717) is 19.0 Å². The molecule has 0 aromatic carbocycles. The van der Waals surface area contributed by atoms with Crippen molar-refractivity contribution in [3.8, 4) is 0 Å². The van der Waals surface area contributed by atoms with Crippen molar-refractivity contribution in [3.05, 3.63) is 29.7 Å². The summed E-state index contributed by atoms with van der Waals surface area (Å²) in [5, 5.41) is 0. The number of furan rings is 1. The lowest BCUT2D eigenvalue weighted by Gasteiger charge is -2.37. The van der Waals surface area contributed by atoms with Gasteiger partial charge in [-0.25, -0.2) is 0 Å². The Hall–Kier alpha value is -1.59. The first kappa shape index (κ1) is 14.4. The summed E-state index contributed by atoms with van der Waals surface area (Å²) in [6.45, 7) is 3.87. The van der Waals surface area contributed by atoms with Crippen LogP contribution in [0.1, 0.15) is 30.8 Å². The van der Waals surface area contributed by atoms with Gasteiger partial charge in [-0.3, -0.25) is 4.79 Å². The Morgan fingerprint density at radius 1 is 1.29 bits per heavy atom. The number of nitrogens with zero attached hydrogens (tertiary/aromatic N) is 1. The molecule has 5 heteroatoms. The fourth-order valence-electron chi connectivity index (χ4n) is 2.90. The van der Waals surface area contributed by atoms with E-state index in [2.05, 4.69) is 0 Å². The summed E-state index contributed by atoms with van der Waals surface area (Å²) in [4.78, 5) is 14.3. The minimum Gasteiger partial charge on any atom is -0.462 e. The molecular weight excluding hydrogens is 270 g/mol. The largest absolute Gasteiger partial charge is 0.462 e. The lowest BCUT2D eigenvalue weighted by Crippen LogP contribution is -2.49. The zero-order valence-corrected chi connectivity index (χ0v) is 12.3. The van der Waals surface area contributed by atoms with Crippen LogP contribution in [0.4, 0.5) is 0 Å². The Morgan fingerprint density at radius 3 is 2.81 bits per heavy atom. The molecule has 1 aromatic heterocycles. The molecule has 0 saturated carbocycles. The van der Waals surface area contributed by atoms with Crippen LogP contribution in [0.2, 0.25) is 0 Å². The molecule has 3 heterocycles. The molecule has 3 rings (SSSR count). The first-order valence-corrected chi connectivity index (χ1v) is 7.52. The van der Waals surface area contributed by atoms with Crippen LogP contribution in [0.15, 0.2) is 22.6 Å². The van der Waals surface area contributed by atoms with Crippen molar-refractivity contribution in [1.29, 1.82) is 0 Å². The summed E-state index contributed by atoms with van der Waals surface area (Å²) in [5.74, 6) is 1.53. The van der Waals surface area contributed by atoms with Crippen molar-refractivity contribution < 1.29 is 18.7 Å². The maximum absolute atomic E-state index is 12.4. The van der Waals surface area contributed by atoms with Crippen molar-refractivity contribution in [1.82, 2.24) is 4.90 Å². The number of hydrogen-bond donors (Lipinski definition) is 0. The van der Waals surface area contributed by atoms with E-state index in [4.69, 9.17) is 13.9 Å². The van der Waals surface area contributed by atoms with E-state index in [0.717, 1.165) is 31.6 Å². The summed E-state index contributed by atoms with van der Waals surface area (Å²) in [6.07, 6.45) is 6.10. The smallest absolute Gasteiger partial charge is 0.247 e. The minimum atomic E-state index is -0.270. The highest BCUT2D eigenvalue weighted by molar-refractivity contribution is 5.91. The molecule has 0 bridgehead atoms. The maximum atomic E-state index is 12.4. The van der Waals surface area contributed by atoms with Gasteiger partial charge < -0.3 is 18.8 Å². The molecule has 114 valence electrons. The highest BCUT2D eigenvalue weighted by Gasteiger charge is 2.35. The van der Waals surface area contributed by atoms with Gasteiger partial charge in [-0.05, 0) is 44.4 Å².